The summed E-state index contributed by atoms with van der Waals surface area (Å²) in [5.74, 6) is -2.03. The number of piperazine rings is 1. The van der Waals surface area contributed by atoms with Crippen molar-refractivity contribution < 1.29 is 27.1 Å². The summed E-state index contributed by atoms with van der Waals surface area (Å²) in [7, 11) is 3.36. The lowest BCUT2D eigenvalue weighted by atomic mass is 10.0. The van der Waals surface area contributed by atoms with Crippen molar-refractivity contribution in [3.8, 4) is 11.1 Å². The molecule has 2 aliphatic heterocycles. The van der Waals surface area contributed by atoms with E-state index in [-0.39, 0.29) is 34.5 Å². The number of nitrogens with zero attached hydrogens (tertiary/aromatic N) is 4. The van der Waals surface area contributed by atoms with Crippen molar-refractivity contribution in [2.75, 3.05) is 61.6 Å². The Labute approximate surface area is 247 Å². The van der Waals surface area contributed by atoms with Gasteiger partial charge < -0.3 is 24.4 Å². The number of benzene rings is 2. The molecule has 0 aliphatic carbocycles. The number of rotatable bonds is 6. The molecule has 1 amide bonds. The zero-order chi connectivity index (χ0) is 31.0. The maximum Gasteiger partial charge on any atom is 0.264 e. The number of morpholine rings is 1. The quantitative estimate of drug-likeness (QED) is 0.406. The van der Waals surface area contributed by atoms with Crippen LogP contribution in [0.15, 0.2) is 47.4 Å². The van der Waals surface area contributed by atoms with Crippen LogP contribution in [0, 0.1) is 11.6 Å². The van der Waals surface area contributed by atoms with Gasteiger partial charge in [0.2, 0.25) is 0 Å². The average molecular weight is 602 g/mol. The minimum Gasteiger partial charge on any atom is -0.378 e. The van der Waals surface area contributed by atoms with Crippen LogP contribution in [0.5, 0.6) is 0 Å². The van der Waals surface area contributed by atoms with Gasteiger partial charge in [0.05, 0.1) is 35.8 Å². The van der Waals surface area contributed by atoms with Crippen molar-refractivity contribution >= 4 is 23.0 Å². The van der Waals surface area contributed by atoms with Crippen molar-refractivity contribution in [2.24, 2.45) is 7.05 Å². The molecule has 8 nitrogen and oxygen atoms in total. The van der Waals surface area contributed by atoms with Crippen molar-refractivity contribution in [1.82, 2.24) is 9.47 Å². The SMILES string of the molecule is C[C@@H]1CN(c2cc(F)c(-c3ccc(N4CCOCC4)c(F)c3)cc2NC(=O)c2cn(C)c(=O)cc2C(F)F)C[C@H](C)N1C. The number of likely N-dealkylation sites (N-methyl/N-ethyl adjacent to an activating group) is 1. The van der Waals surface area contributed by atoms with E-state index in [2.05, 4.69) is 10.2 Å². The Morgan fingerprint density at radius 2 is 1.60 bits per heavy atom. The van der Waals surface area contributed by atoms with Crippen LogP contribution in [-0.4, -0.2) is 73.9 Å². The highest BCUT2D eigenvalue weighted by atomic mass is 19.3. The minimum atomic E-state index is -3.06. The zero-order valence-corrected chi connectivity index (χ0v) is 24.5. The van der Waals surface area contributed by atoms with E-state index in [1.165, 1.54) is 25.2 Å². The van der Waals surface area contributed by atoms with Gasteiger partial charge in [-0.3, -0.25) is 14.5 Å². The molecular weight excluding hydrogens is 566 g/mol. The number of aromatic nitrogens is 1. The van der Waals surface area contributed by atoms with Gasteiger partial charge in [-0.25, -0.2) is 17.6 Å². The Kier molecular flexibility index (Phi) is 8.79. The first-order chi connectivity index (χ1) is 20.4. The number of nitrogens with one attached hydrogen (secondary N) is 1. The fourth-order valence-electron chi connectivity index (χ4n) is 5.69. The van der Waals surface area contributed by atoms with Crippen LogP contribution < -0.4 is 20.7 Å². The van der Waals surface area contributed by atoms with E-state index in [1.807, 2.05) is 30.7 Å². The van der Waals surface area contributed by atoms with E-state index in [1.54, 1.807) is 12.1 Å². The maximum atomic E-state index is 15.8. The van der Waals surface area contributed by atoms with Crippen LogP contribution in [-0.2, 0) is 11.8 Å². The number of anilines is 3. The monoisotopic (exact) mass is 601 g/mol. The second-order valence-corrected chi connectivity index (χ2v) is 11.2. The molecule has 0 saturated carbocycles. The molecule has 230 valence electrons. The molecular formula is C31H35F4N5O3. The van der Waals surface area contributed by atoms with Crippen LogP contribution in [0.3, 0.4) is 0 Å². The number of carbonyl (C=O) groups excluding carboxylic acids is 1. The molecule has 0 bridgehead atoms. The molecule has 2 aromatic carbocycles. The molecule has 0 unspecified atom stereocenters. The van der Waals surface area contributed by atoms with Gasteiger partial charge in [0.15, 0.2) is 0 Å². The normalized spacial score (nSPS) is 19.7. The van der Waals surface area contributed by atoms with E-state index in [0.29, 0.717) is 50.8 Å². The summed E-state index contributed by atoms with van der Waals surface area (Å²) in [4.78, 5) is 31.5. The molecule has 0 spiro atoms. The standard InChI is InChI=1S/C31H35F4N5O3/c1-18-15-40(16-19(2)38(18)4)28-14-24(32)21(20-5-6-27(25(33)11-20)39-7-9-43-10-8-39)12-26(28)36-31(42)23-17-37(3)29(41)13-22(23)30(34)35/h5-6,11-14,17-19,30H,7-10,15-16H2,1-4H3,(H,36,42)/t18-,19+. The van der Waals surface area contributed by atoms with E-state index < -0.39 is 35.1 Å². The number of carbonyl (C=O) groups is 1. The number of hydrogen-bond acceptors (Lipinski definition) is 6. The molecule has 1 N–H and O–H groups in total. The molecule has 3 heterocycles. The van der Waals surface area contributed by atoms with E-state index in [0.717, 1.165) is 16.8 Å². The maximum absolute atomic E-state index is 15.8. The first-order valence-electron chi connectivity index (χ1n) is 14.2. The van der Waals surface area contributed by atoms with Crippen LogP contribution in [0.1, 0.15) is 36.2 Å². The molecule has 1 aromatic heterocycles. The topological polar surface area (TPSA) is 70.0 Å². The van der Waals surface area contributed by atoms with Crippen molar-refractivity contribution in [2.45, 2.75) is 32.4 Å². The highest BCUT2D eigenvalue weighted by Crippen LogP contribution is 2.37. The zero-order valence-electron chi connectivity index (χ0n) is 24.5. The van der Waals surface area contributed by atoms with Crippen molar-refractivity contribution in [1.29, 1.82) is 0 Å². The van der Waals surface area contributed by atoms with Crippen LogP contribution >= 0.6 is 0 Å². The molecule has 5 rings (SSSR count). The van der Waals surface area contributed by atoms with E-state index >= 15 is 8.78 Å². The van der Waals surface area contributed by atoms with Gasteiger partial charge in [-0.2, -0.15) is 0 Å². The largest absolute Gasteiger partial charge is 0.378 e. The van der Waals surface area contributed by atoms with Crippen LogP contribution in [0.4, 0.5) is 34.6 Å². The highest BCUT2D eigenvalue weighted by Gasteiger charge is 2.30. The van der Waals surface area contributed by atoms with Gasteiger partial charge in [-0.15, -0.1) is 0 Å². The third-order valence-corrected chi connectivity index (χ3v) is 8.38. The third kappa shape index (κ3) is 6.25. The van der Waals surface area contributed by atoms with Gasteiger partial charge in [-0.05, 0) is 50.7 Å². The lowest BCUT2D eigenvalue weighted by molar-refractivity contribution is 0.101. The Morgan fingerprint density at radius 1 is 0.930 bits per heavy atom. The molecule has 12 heteroatoms. The number of amides is 1. The summed E-state index contributed by atoms with van der Waals surface area (Å²) >= 11 is 0. The number of pyridine rings is 1. The molecule has 3 aromatic rings. The number of alkyl halides is 2. The predicted molar refractivity (Wildman–Crippen MR) is 158 cm³/mol. The lowest BCUT2D eigenvalue weighted by Crippen LogP contribution is -2.55. The number of halogens is 4. The smallest absolute Gasteiger partial charge is 0.264 e. The Morgan fingerprint density at radius 3 is 2.23 bits per heavy atom. The molecule has 43 heavy (non-hydrogen) atoms. The first-order valence-corrected chi connectivity index (χ1v) is 14.2. The average Bonchev–Trinajstić information content (AvgIpc) is 2.97. The highest BCUT2D eigenvalue weighted by molar-refractivity contribution is 6.07. The van der Waals surface area contributed by atoms with Crippen molar-refractivity contribution in [3.05, 3.63) is 75.7 Å². The second-order valence-electron chi connectivity index (χ2n) is 11.2. The van der Waals surface area contributed by atoms with E-state index in [9.17, 15) is 18.4 Å². The summed E-state index contributed by atoms with van der Waals surface area (Å²) in [5.41, 5.74) is -0.540. The molecule has 2 atom stereocenters. The fraction of sp³-hybridized carbons (Fsp3) is 0.419. The number of hydrogen-bond donors (Lipinski definition) is 1. The van der Waals surface area contributed by atoms with Crippen LogP contribution in [0.25, 0.3) is 11.1 Å². The molecule has 2 aliphatic rings. The Balaban J connectivity index is 1.57. The third-order valence-electron chi connectivity index (χ3n) is 8.38. The summed E-state index contributed by atoms with van der Waals surface area (Å²) in [5, 5.41) is 2.70. The van der Waals surface area contributed by atoms with Crippen LogP contribution in [0.2, 0.25) is 0 Å². The Hall–Kier alpha value is -3.90. The summed E-state index contributed by atoms with van der Waals surface area (Å²) in [6.07, 6.45) is -2.01. The van der Waals surface area contributed by atoms with E-state index in [4.69, 9.17) is 4.74 Å². The first kappa shape index (κ1) is 30.6. The van der Waals surface area contributed by atoms with Gasteiger partial charge in [-0.1, -0.05) is 6.07 Å². The summed E-state index contributed by atoms with van der Waals surface area (Å²) in [6, 6.07) is 8.08. The van der Waals surface area contributed by atoms with Crippen molar-refractivity contribution in [3.63, 3.8) is 0 Å². The predicted octanol–water partition coefficient (Wildman–Crippen LogP) is 4.89. The van der Waals surface area contributed by atoms with Gasteiger partial charge in [0.25, 0.3) is 17.9 Å². The molecule has 2 saturated heterocycles. The lowest BCUT2D eigenvalue weighted by Gasteiger charge is -2.44. The minimum absolute atomic E-state index is 0.0382. The summed E-state index contributed by atoms with van der Waals surface area (Å²) in [6.45, 7) is 7.13. The number of ether oxygens (including phenoxy) is 1. The fourth-order valence-corrected chi connectivity index (χ4v) is 5.69. The molecule has 2 fully saturated rings. The Bertz CT molecular complexity index is 1560. The van der Waals surface area contributed by atoms with Gasteiger partial charge in [0, 0.05) is 68.7 Å². The second kappa shape index (κ2) is 12.4. The molecule has 0 radical (unpaired) electrons. The summed E-state index contributed by atoms with van der Waals surface area (Å²) < 4.78 is 65.2. The van der Waals surface area contributed by atoms with Gasteiger partial charge in [0.1, 0.15) is 11.6 Å². The van der Waals surface area contributed by atoms with Gasteiger partial charge >= 0.3 is 0 Å². The number of aryl methyl sites for hydroxylation is 1.